The SMILES string of the molecule is O=C(N[C@H](Cc1ccc(Br)cc1)C(=O)O)c1cccc(F)c1F. The molecule has 0 aliphatic rings. The van der Waals surface area contributed by atoms with Crippen molar-refractivity contribution >= 4 is 27.8 Å². The number of nitrogens with one attached hydrogen (secondary N) is 1. The van der Waals surface area contributed by atoms with Crippen LogP contribution in [0.15, 0.2) is 46.9 Å². The molecule has 2 rings (SSSR count). The lowest BCUT2D eigenvalue weighted by atomic mass is 10.1. The van der Waals surface area contributed by atoms with Crippen LogP contribution in [0.5, 0.6) is 0 Å². The van der Waals surface area contributed by atoms with E-state index in [4.69, 9.17) is 0 Å². The fraction of sp³-hybridized carbons (Fsp3) is 0.125. The summed E-state index contributed by atoms with van der Waals surface area (Å²) in [6.07, 6.45) is 0.0191. The van der Waals surface area contributed by atoms with Crippen LogP contribution >= 0.6 is 15.9 Å². The molecule has 1 atom stereocenters. The van der Waals surface area contributed by atoms with Crippen LogP contribution in [-0.2, 0) is 11.2 Å². The van der Waals surface area contributed by atoms with E-state index in [1.54, 1.807) is 24.3 Å². The van der Waals surface area contributed by atoms with E-state index in [2.05, 4.69) is 21.2 Å². The Hall–Kier alpha value is -2.28. The van der Waals surface area contributed by atoms with Gasteiger partial charge < -0.3 is 10.4 Å². The van der Waals surface area contributed by atoms with Gasteiger partial charge in [-0.05, 0) is 29.8 Å². The Morgan fingerprint density at radius 1 is 1.13 bits per heavy atom. The molecule has 2 aromatic rings. The van der Waals surface area contributed by atoms with Crippen molar-refractivity contribution < 1.29 is 23.5 Å². The van der Waals surface area contributed by atoms with Crippen molar-refractivity contribution in [2.24, 2.45) is 0 Å². The largest absolute Gasteiger partial charge is 0.480 e. The van der Waals surface area contributed by atoms with E-state index in [1.807, 2.05) is 0 Å². The molecule has 0 aliphatic carbocycles. The van der Waals surface area contributed by atoms with Gasteiger partial charge >= 0.3 is 5.97 Å². The number of hydrogen-bond acceptors (Lipinski definition) is 2. The molecule has 0 unspecified atom stereocenters. The molecule has 0 spiro atoms. The second kappa shape index (κ2) is 7.32. The fourth-order valence-corrected chi connectivity index (χ4v) is 2.24. The smallest absolute Gasteiger partial charge is 0.326 e. The Bertz CT molecular complexity index is 735. The minimum atomic E-state index is -1.31. The zero-order chi connectivity index (χ0) is 17.0. The van der Waals surface area contributed by atoms with Crippen LogP contribution in [0.25, 0.3) is 0 Å². The second-order valence-electron chi connectivity index (χ2n) is 4.80. The van der Waals surface area contributed by atoms with Gasteiger partial charge in [0, 0.05) is 10.9 Å². The lowest BCUT2D eigenvalue weighted by Crippen LogP contribution is -2.42. The van der Waals surface area contributed by atoms with Crippen molar-refractivity contribution in [3.8, 4) is 0 Å². The zero-order valence-corrected chi connectivity index (χ0v) is 13.3. The molecular weight excluding hydrogens is 372 g/mol. The molecule has 0 heterocycles. The zero-order valence-electron chi connectivity index (χ0n) is 11.7. The van der Waals surface area contributed by atoms with Gasteiger partial charge in [0.05, 0.1) is 5.56 Å². The highest BCUT2D eigenvalue weighted by Gasteiger charge is 2.23. The maximum absolute atomic E-state index is 13.6. The third-order valence-electron chi connectivity index (χ3n) is 3.15. The average molecular weight is 384 g/mol. The minimum absolute atomic E-state index is 0.0191. The van der Waals surface area contributed by atoms with Crippen LogP contribution in [0.2, 0.25) is 0 Å². The van der Waals surface area contributed by atoms with E-state index in [9.17, 15) is 23.5 Å². The van der Waals surface area contributed by atoms with Crippen LogP contribution in [0.3, 0.4) is 0 Å². The van der Waals surface area contributed by atoms with Crippen molar-refractivity contribution in [3.05, 3.63) is 69.7 Å². The summed E-state index contributed by atoms with van der Waals surface area (Å²) in [4.78, 5) is 23.3. The van der Waals surface area contributed by atoms with E-state index in [0.29, 0.717) is 5.56 Å². The molecule has 2 aromatic carbocycles. The summed E-state index contributed by atoms with van der Waals surface area (Å²) in [5.74, 6) is -4.72. The summed E-state index contributed by atoms with van der Waals surface area (Å²) < 4.78 is 27.6. The van der Waals surface area contributed by atoms with Crippen molar-refractivity contribution in [1.29, 1.82) is 0 Å². The Morgan fingerprint density at radius 3 is 2.39 bits per heavy atom. The first kappa shape index (κ1) is 17.1. The van der Waals surface area contributed by atoms with E-state index in [1.165, 1.54) is 6.07 Å². The number of aliphatic carboxylic acids is 1. The van der Waals surface area contributed by atoms with Gasteiger partial charge in [0.15, 0.2) is 11.6 Å². The van der Waals surface area contributed by atoms with Gasteiger partial charge in [0.1, 0.15) is 6.04 Å². The maximum atomic E-state index is 13.6. The number of amides is 1. The summed E-state index contributed by atoms with van der Waals surface area (Å²) in [7, 11) is 0. The minimum Gasteiger partial charge on any atom is -0.480 e. The maximum Gasteiger partial charge on any atom is 0.326 e. The fourth-order valence-electron chi connectivity index (χ4n) is 1.97. The Morgan fingerprint density at radius 2 is 1.78 bits per heavy atom. The number of carboxylic acid groups (broad SMARTS) is 1. The molecule has 120 valence electrons. The summed E-state index contributed by atoms with van der Waals surface area (Å²) in [6, 6.07) is 8.77. The molecular formula is C16H12BrF2NO3. The Balaban J connectivity index is 2.16. The van der Waals surface area contributed by atoms with Crippen LogP contribution in [0, 0.1) is 11.6 Å². The van der Waals surface area contributed by atoms with Crippen LogP contribution in [0.4, 0.5) is 8.78 Å². The molecule has 0 aliphatic heterocycles. The first-order valence-electron chi connectivity index (χ1n) is 6.60. The van der Waals surface area contributed by atoms with Gasteiger partial charge in [0.2, 0.25) is 0 Å². The van der Waals surface area contributed by atoms with Gasteiger partial charge in [-0.25, -0.2) is 13.6 Å². The Labute approximate surface area is 139 Å². The highest BCUT2D eigenvalue weighted by atomic mass is 79.9. The van der Waals surface area contributed by atoms with Gasteiger partial charge in [-0.2, -0.15) is 0 Å². The topological polar surface area (TPSA) is 66.4 Å². The van der Waals surface area contributed by atoms with Gasteiger partial charge in [-0.3, -0.25) is 4.79 Å². The first-order valence-corrected chi connectivity index (χ1v) is 7.40. The highest BCUT2D eigenvalue weighted by Crippen LogP contribution is 2.14. The van der Waals surface area contributed by atoms with Crippen LogP contribution < -0.4 is 5.32 Å². The average Bonchev–Trinajstić information content (AvgIpc) is 2.51. The van der Waals surface area contributed by atoms with Crippen LogP contribution in [0.1, 0.15) is 15.9 Å². The molecule has 2 N–H and O–H groups in total. The van der Waals surface area contributed by atoms with E-state index < -0.39 is 35.1 Å². The predicted molar refractivity (Wildman–Crippen MR) is 83.1 cm³/mol. The van der Waals surface area contributed by atoms with Crippen molar-refractivity contribution in [1.82, 2.24) is 5.32 Å². The number of hydrogen-bond donors (Lipinski definition) is 2. The number of carbonyl (C=O) groups excluding carboxylic acids is 1. The van der Waals surface area contributed by atoms with Gasteiger partial charge in [0.25, 0.3) is 5.91 Å². The molecule has 4 nitrogen and oxygen atoms in total. The monoisotopic (exact) mass is 383 g/mol. The number of halogens is 3. The van der Waals surface area contributed by atoms with Gasteiger partial charge in [-0.1, -0.05) is 34.1 Å². The summed E-state index contributed by atoms with van der Waals surface area (Å²) in [6.45, 7) is 0. The summed E-state index contributed by atoms with van der Waals surface area (Å²) >= 11 is 3.26. The number of carbonyl (C=O) groups is 2. The number of rotatable bonds is 5. The first-order chi connectivity index (χ1) is 10.9. The molecule has 0 fully saturated rings. The summed E-state index contributed by atoms with van der Waals surface area (Å²) in [5.41, 5.74) is 0.146. The second-order valence-corrected chi connectivity index (χ2v) is 5.71. The number of benzene rings is 2. The Kier molecular flexibility index (Phi) is 5.44. The standard InChI is InChI=1S/C16H12BrF2NO3/c17-10-6-4-9(5-7-10)8-13(16(22)23)20-15(21)11-2-1-3-12(18)14(11)19/h1-7,13H,8H2,(H,20,21)(H,22,23)/t13-/m1/s1. The molecule has 0 bridgehead atoms. The lowest BCUT2D eigenvalue weighted by Gasteiger charge is -2.15. The van der Waals surface area contributed by atoms with Crippen LogP contribution in [-0.4, -0.2) is 23.0 Å². The van der Waals surface area contributed by atoms with Crippen molar-refractivity contribution in [3.63, 3.8) is 0 Å². The van der Waals surface area contributed by atoms with Crippen molar-refractivity contribution in [2.45, 2.75) is 12.5 Å². The number of carboxylic acids is 1. The van der Waals surface area contributed by atoms with E-state index in [-0.39, 0.29) is 6.42 Å². The normalized spacial score (nSPS) is 11.8. The third kappa shape index (κ3) is 4.35. The van der Waals surface area contributed by atoms with E-state index >= 15 is 0 Å². The van der Waals surface area contributed by atoms with E-state index in [0.717, 1.165) is 16.6 Å². The molecule has 0 saturated heterocycles. The van der Waals surface area contributed by atoms with Crippen molar-refractivity contribution in [2.75, 3.05) is 0 Å². The quantitative estimate of drug-likeness (QED) is 0.833. The molecule has 0 radical (unpaired) electrons. The molecule has 7 heteroatoms. The van der Waals surface area contributed by atoms with Gasteiger partial charge in [-0.15, -0.1) is 0 Å². The summed E-state index contributed by atoms with van der Waals surface area (Å²) in [5, 5.41) is 11.4. The third-order valence-corrected chi connectivity index (χ3v) is 3.68. The molecule has 0 aromatic heterocycles. The molecule has 23 heavy (non-hydrogen) atoms. The highest BCUT2D eigenvalue weighted by molar-refractivity contribution is 9.10. The lowest BCUT2D eigenvalue weighted by molar-refractivity contribution is -0.139. The predicted octanol–water partition coefficient (Wildman–Crippen LogP) is 3.15. The molecule has 1 amide bonds. The molecule has 0 saturated carbocycles.